The van der Waals surface area contributed by atoms with Crippen molar-refractivity contribution in [1.82, 2.24) is 4.90 Å². The molecule has 0 radical (unpaired) electrons. The van der Waals surface area contributed by atoms with Crippen LogP contribution >= 0.6 is 12.4 Å². The zero-order chi connectivity index (χ0) is 11.2. The first-order chi connectivity index (χ1) is 7.86. The Morgan fingerprint density at radius 2 is 1.76 bits per heavy atom. The third-order valence-corrected chi connectivity index (χ3v) is 3.33. The summed E-state index contributed by atoms with van der Waals surface area (Å²) in [6.45, 7) is 5.87. The second-order valence-electron chi connectivity index (χ2n) is 4.61. The van der Waals surface area contributed by atoms with Crippen LogP contribution in [0, 0.1) is 0 Å². The summed E-state index contributed by atoms with van der Waals surface area (Å²) in [4.78, 5) is 2.55. The predicted octanol–water partition coefficient (Wildman–Crippen LogP) is 4.00. The second-order valence-corrected chi connectivity index (χ2v) is 4.61. The standard InChI is InChI=1S/C15H21N.ClH/c1-14(15-8-4-2-5-9-15)10-13-16-11-6-3-7-12-16;/h2,4-5,8-10H,3,6-7,11-13H2,1H3;1H/b14-10+;. The van der Waals surface area contributed by atoms with E-state index in [2.05, 4.69) is 48.2 Å². The molecule has 2 heteroatoms. The van der Waals surface area contributed by atoms with E-state index in [1.54, 1.807) is 0 Å². The molecule has 0 atom stereocenters. The van der Waals surface area contributed by atoms with Gasteiger partial charge >= 0.3 is 0 Å². The monoisotopic (exact) mass is 251 g/mol. The molecule has 94 valence electrons. The van der Waals surface area contributed by atoms with E-state index in [-0.39, 0.29) is 12.4 Å². The Kier molecular flexibility index (Phi) is 6.31. The lowest BCUT2D eigenvalue weighted by Gasteiger charge is -2.25. The Hall–Kier alpha value is -0.790. The van der Waals surface area contributed by atoms with Crippen molar-refractivity contribution in [1.29, 1.82) is 0 Å². The lowest BCUT2D eigenvalue weighted by atomic mass is 10.1. The Morgan fingerprint density at radius 3 is 2.41 bits per heavy atom. The van der Waals surface area contributed by atoms with Crippen molar-refractivity contribution in [3.05, 3.63) is 42.0 Å². The van der Waals surface area contributed by atoms with Gasteiger partial charge in [0.2, 0.25) is 0 Å². The van der Waals surface area contributed by atoms with Crippen LogP contribution in [0.2, 0.25) is 0 Å². The summed E-state index contributed by atoms with van der Waals surface area (Å²) in [5.41, 5.74) is 2.74. The Morgan fingerprint density at radius 1 is 1.12 bits per heavy atom. The van der Waals surface area contributed by atoms with Crippen LogP contribution in [0.25, 0.3) is 5.57 Å². The van der Waals surface area contributed by atoms with Crippen LogP contribution in [-0.4, -0.2) is 24.5 Å². The number of hydrogen-bond acceptors (Lipinski definition) is 1. The van der Waals surface area contributed by atoms with Crippen molar-refractivity contribution in [2.75, 3.05) is 19.6 Å². The summed E-state index contributed by atoms with van der Waals surface area (Å²) in [6.07, 6.45) is 6.52. The van der Waals surface area contributed by atoms with Gasteiger partial charge in [-0.3, -0.25) is 4.90 Å². The summed E-state index contributed by atoms with van der Waals surface area (Å²) in [5.74, 6) is 0. The average Bonchev–Trinajstić information content (AvgIpc) is 2.38. The highest BCUT2D eigenvalue weighted by Crippen LogP contribution is 2.14. The van der Waals surface area contributed by atoms with Gasteiger partial charge in [0.1, 0.15) is 0 Å². The number of halogens is 1. The van der Waals surface area contributed by atoms with Crippen molar-refractivity contribution < 1.29 is 0 Å². The van der Waals surface area contributed by atoms with E-state index in [0.29, 0.717) is 0 Å². The molecule has 0 saturated carbocycles. The number of hydrogen-bond donors (Lipinski definition) is 0. The van der Waals surface area contributed by atoms with Gasteiger partial charge in [0.25, 0.3) is 0 Å². The maximum atomic E-state index is 2.55. The van der Waals surface area contributed by atoms with Gasteiger partial charge in [0.15, 0.2) is 0 Å². The van der Waals surface area contributed by atoms with Crippen LogP contribution in [-0.2, 0) is 0 Å². The molecule has 1 nitrogen and oxygen atoms in total. The van der Waals surface area contributed by atoms with Gasteiger partial charge in [-0.25, -0.2) is 0 Å². The fourth-order valence-electron chi connectivity index (χ4n) is 2.23. The van der Waals surface area contributed by atoms with Crippen LogP contribution < -0.4 is 0 Å². The first-order valence-corrected chi connectivity index (χ1v) is 6.31. The van der Waals surface area contributed by atoms with E-state index < -0.39 is 0 Å². The molecule has 0 spiro atoms. The molecule has 17 heavy (non-hydrogen) atoms. The van der Waals surface area contributed by atoms with Crippen LogP contribution in [0.3, 0.4) is 0 Å². The van der Waals surface area contributed by atoms with Crippen molar-refractivity contribution in [2.45, 2.75) is 26.2 Å². The SMILES string of the molecule is C/C(=C\CN1CCCCC1)c1ccccc1.Cl. The number of allylic oxidation sites excluding steroid dienone is 1. The molecule has 1 aromatic carbocycles. The molecule has 1 aliphatic rings. The highest BCUT2D eigenvalue weighted by molar-refractivity contribution is 5.85. The minimum absolute atomic E-state index is 0. The van der Waals surface area contributed by atoms with E-state index in [9.17, 15) is 0 Å². The number of likely N-dealkylation sites (tertiary alicyclic amines) is 1. The van der Waals surface area contributed by atoms with Crippen LogP contribution in [0.15, 0.2) is 36.4 Å². The lowest BCUT2D eigenvalue weighted by Crippen LogP contribution is -2.29. The fraction of sp³-hybridized carbons (Fsp3) is 0.467. The predicted molar refractivity (Wildman–Crippen MR) is 77.6 cm³/mol. The summed E-state index contributed by atoms with van der Waals surface area (Å²) in [5, 5.41) is 0. The maximum absolute atomic E-state index is 2.55. The van der Waals surface area contributed by atoms with E-state index in [4.69, 9.17) is 0 Å². The van der Waals surface area contributed by atoms with Crippen molar-refractivity contribution in [2.24, 2.45) is 0 Å². The van der Waals surface area contributed by atoms with Crippen LogP contribution in [0.4, 0.5) is 0 Å². The van der Waals surface area contributed by atoms with Gasteiger partial charge in [0.05, 0.1) is 0 Å². The smallest absolute Gasteiger partial charge is 0.0169 e. The molecule has 0 N–H and O–H groups in total. The molecule has 0 aliphatic carbocycles. The molecule has 0 aromatic heterocycles. The largest absolute Gasteiger partial charge is 0.300 e. The van der Waals surface area contributed by atoms with Crippen molar-refractivity contribution in [3.63, 3.8) is 0 Å². The molecule has 1 saturated heterocycles. The molecule has 0 amide bonds. The van der Waals surface area contributed by atoms with Gasteiger partial charge in [-0.1, -0.05) is 42.8 Å². The highest BCUT2D eigenvalue weighted by Gasteiger charge is 2.07. The number of benzene rings is 1. The summed E-state index contributed by atoms with van der Waals surface area (Å²) < 4.78 is 0. The fourth-order valence-corrected chi connectivity index (χ4v) is 2.23. The number of piperidine rings is 1. The Bertz CT molecular complexity index is 339. The van der Waals surface area contributed by atoms with Gasteiger partial charge in [-0.2, -0.15) is 0 Å². The van der Waals surface area contributed by atoms with Crippen molar-refractivity contribution >= 4 is 18.0 Å². The van der Waals surface area contributed by atoms with Crippen molar-refractivity contribution in [3.8, 4) is 0 Å². The summed E-state index contributed by atoms with van der Waals surface area (Å²) in [6, 6.07) is 10.6. The van der Waals surface area contributed by atoms with Gasteiger partial charge < -0.3 is 0 Å². The minimum Gasteiger partial charge on any atom is -0.300 e. The van der Waals surface area contributed by atoms with E-state index in [0.717, 1.165) is 6.54 Å². The molecule has 1 aromatic rings. The second kappa shape index (κ2) is 7.52. The zero-order valence-corrected chi connectivity index (χ0v) is 11.4. The topological polar surface area (TPSA) is 3.24 Å². The first-order valence-electron chi connectivity index (χ1n) is 6.31. The molecular formula is C15H22ClN. The number of rotatable bonds is 3. The highest BCUT2D eigenvalue weighted by atomic mass is 35.5. The zero-order valence-electron chi connectivity index (χ0n) is 10.6. The summed E-state index contributed by atoms with van der Waals surface area (Å²) >= 11 is 0. The minimum atomic E-state index is 0. The molecule has 1 heterocycles. The third-order valence-electron chi connectivity index (χ3n) is 3.33. The normalized spacial score (nSPS) is 17.6. The Labute approximate surface area is 111 Å². The summed E-state index contributed by atoms with van der Waals surface area (Å²) in [7, 11) is 0. The lowest BCUT2D eigenvalue weighted by molar-refractivity contribution is 0.251. The van der Waals surface area contributed by atoms with Gasteiger partial charge in [0, 0.05) is 6.54 Å². The Balaban J connectivity index is 0.00000144. The molecule has 0 bridgehead atoms. The molecule has 0 unspecified atom stereocenters. The maximum Gasteiger partial charge on any atom is 0.0169 e. The van der Waals surface area contributed by atoms with Crippen LogP contribution in [0.1, 0.15) is 31.7 Å². The molecule has 1 aliphatic heterocycles. The quantitative estimate of drug-likeness (QED) is 0.785. The molecular weight excluding hydrogens is 230 g/mol. The average molecular weight is 252 g/mol. The van der Waals surface area contributed by atoms with E-state index in [1.807, 2.05) is 0 Å². The number of nitrogens with zero attached hydrogens (tertiary/aromatic N) is 1. The molecule has 2 rings (SSSR count). The van der Waals surface area contributed by atoms with Crippen LogP contribution in [0.5, 0.6) is 0 Å². The third kappa shape index (κ3) is 4.53. The van der Waals surface area contributed by atoms with Gasteiger partial charge in [-0.15, -0.1) is 12.4 Å². The van der Waals surface area contributed by atoms with Gasteiger partial charge in [-0.05, 0) is 44.0 Å². The first kappa shape index (κ1) is 14.3. The van der Waals surface area contributed by atoms with E-state index >= 15 is 0 Å². The van der Waals surface area contributed by atoms with E-state index in [1.165, 1.54) is 43.5 Å². The molecule has 1 fully saturated rings.